The maximum atomic E-state index is 12.8. The van der Waals surface area contributed by atoms with Crippen LogP contribution >= 0.6 is 0 Å². The van der Waals surface area contributed by atoms with Crippen LogP contribution in [-0.2, 0) is 30.7 Å². The van der Waals surface area contributed by atoms with Crippen molar-refractivity contribution in [1.82, 2.24) is 9.88 Å². The molecule has 0 saturated carbocycles. The van der Waals surface area contributed by atoms with Crippen LogP contribution in [0.3, 0.4) is 0 Å². The first-order valence-electron chi connectivity index (χ1n) is 10.8. The highest BCUT2D eigenvalue weighted by atomic mass is 16.5. The molecule has 1 aromatic heterocycles. The molecule has 3 aromatic carbocycles. The van der Waals surface area contributed by atoms with Gasteiger partial charge >= 0.3 is 0 Å². The second-order valence-electron chi connectivity index (χ2n) is 8.27. The maximum absolute atomic E-state index is 12.8. The minimum Gasteiger partial charge on any atom is -0.375 e. The number of ether oxygens (including phenoxy) is 1. The molecule has 0 atom stereocenters. The first-order valence-corrected chi connectivity index (χ1v) is 10.8. The fourth-order valence-electron chi connectivity index (χ4n) is 5.29. The summed E-state index contributed by atoms with van der Waals surface area (Å²) >= 11 is 0. The Kier molecular flexibility index (Phi) is 4.18. The molecule has 0 bridgehead atoms. The third kappa shape index (κ3) is 2.73. The third-order valence-corrected chi connectivity index (χ3v) is 6.53. The van der Waals surface area contributed by atoms with Crippen molar-refractivity contribution in [1.29, 1.82) is 0 Å². The smallest absolute Gasteiger partial charge is 0.259 e. The summed E-state index contributed by atoms with van der Waals surface area (Å²) in [6.07, 6.45) is 2.79. The van der Waals surface area contributed by atoms with Crippen LogP contribution in [0.5, 0.6) is 0 Å². The first kappa shape index (κ1) is 18.3. The van der Waals surface area contributed by atoms with Gasteiger partial charge in [-0.3, -0.25) is 14.9 Å². The van der Waals surface area contributed by atoms with E-state index in [4.69, 9.17) is 4.74 Å². The van der Waals surface area contributed by atoms with Gasteiger partial charge in [0.15, 0.2) is 0 Å². The average molecular weight is 410 g/mol. The van der Waals surface area contributed by atoms with Crippen molar-refractivity contribution in [3.05, 3.63) is 82.4 Å². The zero-order valence-corrected chi connectivity index (χ0v) is 17.1. The van der Waals surface area contributed by atoms with E-state index in [-0.39, 0.29) is 11.8 Å². The zero-order chi connectivity index (χ0) is 20.9. The summed E-state index contributed by atoms with van der Waals surface area (Å²) in [6.45, 7) is 1.83. The Labute approximate surface area is 179 Å². The topological polar surface area (TPSA) is 60.3 Å². The number of aromatic nitrogens is 1. The second kappa shape index (κ2) is 7.06. The summed E-state index contributed by atoms with van der Waals surface area (Å²) < 4.78 is 8.27. The van der Waals surface area contributed by atoms with E-state index in [9.17, 15) is 9.59 Å². The molecule has 4 aromatic rings. The van der Waals surface area contributed by atoms with E-state index < -0.39 is 0 Å². The maximum Gasteiger partial charge on any atom is 0.259 e. The summed E-state index contributed by atoms with van der Waals surface area (Å²) in [5.74, 6) is -0.522. The number of para-hydroxylation sites is 1. The predicted molar refractivity (Wildman–Crippen MR) is 119 cm³/mol. The van der Waals surface area contributed by atoms with Crippen LogP contribution in [0, 0.1) is 0 Å². The predicted octanol–water partition coefficient (Wildman–Crippen LogP) is 4.38. The van der Waals surface area contributed by atoms with Gasteiger partial charge < -0.3 is 9.30 Å². The highest BCUT2D eigenvalue weighted by Crippen LogP contribution is 2.42. The Morgan fingerprint density at radius 3 is 2.48 bits per heavy atom. The van der Waals surface area contributed by atoms with Crippen molar-refractivity contribution in [3.8, 4) is 0 Å². The number of rotatable bonds is 5. The lowest BCUT2D eigenvalue weighted by Crippen LogP contribution is -2.20. The standard InChI is InChI=1S/C26H22N2O3/c29-25-22-17-10-6-11-18(17)24-21(23(22)26(30)27-25)19-9-4-5-12-20(19)28(24)13-14-31-15-16-7-2-1-3-8-16/h1-5,7-9,12H,6,10-11,13-15H2,(H,27,29,30). The number of nitrogens with one attached hydrogen (secondary N) is 1. The van der Waals surface area contributed by atoms with Crippen molar-refractivity contribution in [2.24, 2.45) is 0 Å². The van der Waals surface area contributed by atoms with Crippen LogP contribution in [0.4, 0.5) is 0 Å². The molecule has 2 heterocycles. The number of fused-ring (bicyclic) bond motifs is 8. The van der Waals surface area contributed by atoms with Gasteiger partial charge in [-0.2, -0.15) is 0 Å². The van der Waals surface area contributed by atoms with Crippen LogP contribution in [0.1, 0.15) is 43.8 Å². The molecule has 1 N–H and O–H groups in total. The number of aryl methyl sites for hydroxylation is 1. The number of hydrogen-bond donors (Lipinski definition) is 1. The van der Waals surface area contributed by atoms with Crippen LogP contribution < -0.4 is 5.32 Å². The number of imide groups is 1. The molecule has 5 heteroatoms. The monoisotopic (exact) mass is 410 g/mol. The molecule has 5 nitrogen and oxygen atoms in total. The van der Waals surface area contributed by atoms with E-state index in [1.165, 1.54) is 5.56 Å². The van der Waals surface area contributed by atoms with Gasteiger partial charge in [0.05, 0.1) is 29.9 Å². The summed E-state index contributed by atoms with van der Waals surface area (Å²) in [4.78, 5) is 25.4. The van der Waals surface area contributed by atoms with Gasteiger partial charge in [0, 0.05) is 22.8 Å². The van der Waals surface area contributed by atoms with E-state index in [1.54, 1.807) is 0 Å². The van der Waals surface area contributed by atoms with Crippen molar-refractivity contribution in [3.63, 3.8) is 0 Å². The van der Waals surface area contributed by atoms with Crippen LogP contribution in [0.25, 0.3) is 21.8 Å². The van der Waals surface area contributed by atoms with Gasteiger partial charge in [-0.1, -0.05) is 48.5 Å². The third-order valence-electron chi connectivity index (χ3n) is 6.53. The molecular formula is C26H22N2O3. The Hall–Kier alpha value is -3.44. The largest absolute Gasteiger partial charge is 0.375 e. The summed E-state index contributed by atoms with van der Waals surface area (Å²) in [6, 6.07) is 18.3. The zero-order valence-electron chi connectivity index (χ0n) is 17.1. The molecule has 0 unspecified atom stereocenters. The number of hydrogen-bond acceptors (Lipinski definition) is 3. The molecule has 0 radical (unpaired) electrons. The molecule has 154 valence electrons. The van der Waals surface area contributed by atoms with Gasteiger partial charge in [0.25, 0.3) is 11.8 Å². The number of carbonyl (C=O) groups is 2. The van der Waals surface area contributed by atoms with Gasteiger partial charge in [-0.25, -0.2) is 0 Å². The van der Waals surface area contributed by atoms with Crippen molar-refractivity contribution in [2.45, 2.75) is 32.4 Å². The molecule has 31 heavy (non-hydrogen) atoms. The number of nitrogens with zero attached hydrogens (tertiary/aromatic N) is 1. The second-order valence-corrected chi connectivity index (χ2v) is 8.27. The van der Waals surface area contributed by atoms with E-state index >= 15 is 0 Å². The number of carbonyl (C=O) groups excluding carboxylic acids is 2. The lowest BCUT2D eigenvalue weighted by molar-refractivity contribution is 0.0880. The number of amides is 2. The molecule has 1 aliphatic carbocycles. The van der Waals surface area contributed by atoms with E-state index in [2.05, 4.69) is 34.1 Å². The van der Waals surface area contributed by atoms with Gasteiger partial charge in [-0.15, -0.1) is 0 Å². The molecule has 0 spiro atoms. The SMILES string of the molecule is O=C1NC(=O)c2c1c1c(c3c2c2ccccc2n3CCOCc2ccccc2)CCC1. The van der Waals surface area contributed by atoms with E-state index in [0.29, 0.717) is 30.9 Å². The van der Waals surface area contributed by atoms with Gasteiger partial charge in [0.1, 0.15) is 0 Å². The Morgan fingerprint density at radius 1 is 0.871 bits per heavy atom. The van der Waals surface area contributed by atoms with E-state index in [0.717, 1.165) is 52.2 Å². The van der Waals surface area contributed by atoms with Crippen molar-refractivity contribution >= 4 is 33.6 Å². The molecule has 1 aliphatic heterocycles. The number of benzene rings is 3. The summed E-state index contributed by atoms with van der Waals surface area (Å²) in [7, 11) is 0. The summed E-state index contributed by atoms with van der Waals surface area (Å²) in [5, 5.41) is 4.48. The van der Waals surface area contributed by atoms with Crippen molar-refractivity contribution in [2.75, 3.05) is 6.61 Å². The minimum atomic E-state index is -0.275. The van der Waals surface area contributed by atoms with Crippen LogP contribution in [0.2, 0.25) is 0 Å². The summed E-state index contributed by atoms with van der Waals surface area (Å²) in [5.41, 5.74) is 6.77. The molecule has 6 rings (SSSR count). The minimum absolute atomic E-state index is 0.247. The lowest BCUT2D eigenvalue weighted by Gasteiger charge is -2.13. The highest BCUT2D eigenvalue weighted by Gasteiger charge is 2.37. The Balaban J connectivity index is 1.48. The molecule has 2 amide bonds. The molecule has 0 fully saturated rings. The molecular weight excluding hydrogens is 388 g/mol. The average Bonchev–Trinajstić information content (AvgIpc) is 3.46. The normalized spacial score (nSPS) is 15.0. The van der Waals surface area contributed by atoms with E-state index in [1.807, 2.05) is 30.3 Å². The molecule has 2 aliphatic rings. The Bertz CT molecular complexity index is 1370. The first-order chi connectivity index (χ1) is 15.2. The van der Waals surface area contributed by atoms with Crippen LogP contribution in [-0.4, -0.2) is 23.0 Å². The van der Waals surface area contributed by atoms with Crippen molar-refractivity contribution < 1.29 is 14.3 Å². The lowest BCUT2D eigenvalue weighted by atomic mass is 9.93. The van der Waals surface area contributed by atoms with Gasteiger partial charge in [-0.05, 0) is 42.0 Å². The highest BCUT2D eigenvalue weighted by molar-refractivity contribution is 6.31. The fourth-order valence-corrected chi connectivity index (χ4v) is 5.29. The fraction of sp³-hybridized carbons (Fsp3) is 0.231. The Morgan fingerprint density at radius 2 is 1.61 bits per heavy atom. The molecule has 0 saturated heterocycles. The van der Waals surface area contributed by atoms with Gasteiger partial charge in [0.2, 0.25) is 0 Å². The quantitative estimate of drug-likeness (QED) is 0.392. The van der Waals surface area contributed by atoms with Crippen LogP contribution in [0.15, 0.2) is 54.6 Å².